The van der Waals surface area contributed by atoms with Crippen molar-refractivity contribution >= 4 is 17.7 Å². The van der Waals surface area contributed by atoms with Crippen molar-refractivity contribution in [3.8, 4) is 5.75 Å². The zero-order valence-electron chi connectivity index (χ0n) is 8.89. The molecular weight excluding hydrogens is 243 g/mol. The summed E-state index contributed by atoms with van der Waals surface area (Å²) in [5.74, 6) is 0.788. The molecule has 0 amide bonds. The summed E-state index contributed by atoms with van der Waals surface area (Å²) in [6, 6.07) is 6.29. The molecule has 1 aromatic heterocycles. The number of H-pyrrole nitrogens is 1. The van der Waals surface area contributed by atoms with Crippen molar-refractivity contribution in [3.05, 3.63) is 30.1 Å². The Morgan fingerprint density at radius 3 is 2.94 bits per heavy atom. The molecule has 0 aliphatic heterocycles. The summed E-state index contributed by atoms with van der Waals surface area (Å²) in [7, 11) is 0. The molecule has 17 heavy (non-hydrogen) atoms. The van der Waals surface area contributed by atoms with Gasteiger partial charge in [0.25, 0.3) is 0 Å². The van der Waals surface area contributed by atoms with Crippen molar-refractivity contribution in [2.45, 2.75) is 5.16 Å². The van der Waals surface area contributed by atoms with Crippen molar-refractivity contribution in [3.63, 3.8) is 0 Å². The van der Waals surface area contributed by atoms with Crippen LogP contribution >= 0.6 is 11.8 Å². The first-order valence-corrected chi connectivity index (χ1v) is 5.92. The number of nitrogens with zero attached hydrogens (tertiary/aromatic N) is 2. The van der Waals surface area contributed by atoms with Crippen LogP contribution in [0, 0.1) is 5.82 Å². The van der Waals surface area contributed by atoms with Gasteiger partial charge in [0.1, 0.15) is 0 Å². The Kier molecular flexibility index (Phi) is 3.81. The molecule has 1 heterocycles. The Balaban J connectivity index is 1.75. The van der Waals surface area contributed by atoms with Crippen LogP contribution in [-0.2, 0) is 0 Å². The van der Waals surface area contributed by atoms with E-state index >= 15 is 0 Å². The fourth-order valence-corrected chi connectivity index (χ4v) is 1.79. The van der Waals surface area contributed by atoms with Gasteiger partial charge in [-0.05, 0) is 12.1 Å². The average molecular weight is 254 g/mol. The Labute approximate surface area is 102 Å². The molecule has 1 aromatic carbocycles. The highest BCUT2D eigenvalue weighted by Crippen LogP contribution is 2.17. The van der Waals surface area contributed by atoms with Gasteiger partial charge in [-0.1, -0.05) is 23.9 Å². The maximum atomic E-state index is 13.2. The molecule has 0 bridgehead atoms. The van der Waals surface area contributed by atoms with E-state index in [0.29, 0.717) is 17.5 Å². The van der Waals surface area contributed by atoms with E-state index in [-0.39, 0.29) is 17.5 Å². The number of nitrogens with one attached hydrogen (secondary N) is 1. The summed E-state index contributed by atoms with van der Waals surface area (Å²) < 4.78 is 18.4. The number of aromatic amines is 1. The Morgan fingerprint density at radius 1 is 1.41 bits per heavy atom. The number of aromatic nitrogens is 3. The molecule has 0 aliphatic rings. The maximum Gasteiger partial charge on any atom is 0.216 e. The van der Waals surface area contributed by atoms with Gasteiger partial charge in [0.15, 0.2) is 11.6 Å². The maximum absolute atomic E-state index is 13.2. The SMILES string of the molecule is Nc1nc(SCCOc2ccccc2F)n[nH]1. The van der Waals surface area contributed by atoms with Crippen molar-refractivity contribution in [1.29, 1.82) is 0 Å². The normalized spacial score (nSPS) is 10.4. The topological polar surface area (TPSA) is 76.8 Å². The summed E-state index contributed by atoms with van der Waals surface area (Å²) in [5, 5.41) is 6.94. The van der Waals surface area contributed by atoms with E-state index < -0.39 is 0 Å². The second-order valence-electron chi connectivity index (χ2n) is 3.13. The molecule has 2 rings (SSSR count). The van der Waals surface area contributed by atoms with E-state index in [1.807, 2.05) is 0 Å². The predicted octanol–water partition coefficient (Wildman–Crippen LogP) is 1.70. The smallest absolute Gasteiger partial charge is 0.216 e. The fourth-order valence-electron chi connectivity index (χ4n) is 1.17. The Hall–Kier alpha value is -1.76. The lowest BCUT2D eigenvalue weighted by atomic mass is 10.3. The minimum Gasteiger partial charge on any atom is -0.490 e. The number of ether oxygens (including phenoxy) is 1. The van der Waals surface area contributed by atoms with Crippen molar-refractivity contribution in [2.75, 3.05) is 18.1 Å². The number of rotatable bonds is 5. The van der Waals surface area contributed by atoms with Crippen LogP contribution in [0.4, 0.5) is 10.3 Å². The van der Waals surface area contributed by atoms with Gasteiger partial charge in [0, 0.05) is 5.75 Å². The van der Waals surface area contributed by atoms with E-state index in [0.717, 1.165) is 0 Å². The first kappa shape index (κ1) is 11.7. The lowest BCUT2D eigenvalue weighted by molar-refractivity contribution is 0.325. The third-order valence-electron chi connectivity index (χ3n) is 1.89. The van der Waals surface area contributed by atoms with Crippen LogP contribution in [-0.4, -0.2) is 27.5 Å². The molecule has 2 aromatic rings. The number of thioether (sulfide) groups is 1. The zero-order chi connectivity index (χ0) is 12.1. The van der Waals surface area contributed by atoms with Crippen LogP contribution < -0.4 is 10.5 Å². The largest absolute Gasteiger partial charge is 0.490 e. The highest BCUT2D eigenvalue weighted by Gasteiger charge is 2.03. The van der Waals surface area contributed by atoms with Gasteiger partial charge >= 0.3 is 0 Å². The van der Waals surface area contributed by atoms with E-state index in [1.165, 1.54) is 17.8 Å². The predicted molar refractivity (Wildman–Crippen MR) is 63.4 cm³/mol. The first-order valence-electron chi connectivity index (χ1n) is 4.94. The Bertz CT molecular complexity index is 491. The summed E-state index contributed by atoms with van der Waals surface area (Å²) in [6.45, 7) is 0.375. The van der Waals surface area contributed by atoms with E-state index in [2.05, 4.69) is 15.2 Å². The van der Waals surface area contributed by atoms with Crippen molar-refractivity contribution < 1.29 is 9.13 Å². The van der Waals surface area contributed by atoms with Crippen LogP contribution in [0.1, 0.15) is 0 Å². The van der Waals surface area contributed by atoms with Crippen molar-refractivity contribution in [2.24, 2.45) is 0 Å². The minimum absolute atomic E-state index is 0.252. The number of hydrogen-bond donors (Lipinski definition) is 2. The zero-order valence-corrected chi connectivity index (χ0v) is 9.71. The lowest BCUT2D eigenvalue weighted by Crippen LogP contribution is -2.01. The summed E-state index contributed by atoms with van der Waals surface area (Å²) in [6.07, 6.45) is 0. The highest BCUT2D eigenvalue weighted by molar-refractivity contribution is 7.99. The van der Waals surface area contributed by atoms with Crippen LogP contribution in [0.15, 0.2) is 29.4 Å². The van der Waals surface area contributed by atoms with Gasteiger partial charge < -0.3 is 10.5 Å². The molecule has 0 unspecified atom stereocenters. The molecule has 0 spiro atoms. The molecule has 0 radical (unpaired) electrons. The molecule has 0 fully saturated rings. The van der Waals surface area contributed by atoms with Crippen LogP contribution in [0.25, 0.3) is 0 Å². The molecule has 3 N–H and O–H groups in total. The van der Waals surface area contributed by atoms with E-state index in [4.69, 9.17) is 10.5 Å². The molecule has 0 saturated carbocycles. The minimum atomic E-state index is -0.361. The number of anilines is 1. The summed E-state index contributed by atoms with van der Waals surface area (Å²) in [5.41, 5.74) is 5.37. The molecule has 5 nitrogen and oxygen atoms in total. The van der Waals surface area contributed by atoms with Crippen LogP contribution in [0.5, 0.6) is 5.75 Å². The number of halogens is 1. The summed E-state index contributed by atoms with van der Waals surface area (Å²) >= 11 is 1.39. The second kappa shape index (κ2) is 5.53. The van der Waals surface area contributed by atoms with Gasteiger partial charge in [0.05, 0.1) is 6.61 Å². The fraction of sp³-hybridized carbons (Fsp3) is 0.200. The van der Waals surface area contributed by atoms with Crippen molar-refractivity contribution in [1.82, 2.24) is 15.2 Å². The molecule has 0 atom stereocenters. The molecule has 0 saturated heterocycles. The van der Waals surface area contributed by atoms with Gasteiger partial charge in [-0.3, -0.25) is 0 Å². The first-order chi connectivity index (χ1) is 8.25. The quantitative estimate of drug-likeness (QED) is 0.627. The second-order valence-corrected chi connectivity index (χ2v) is 4.19. The number of para-hydroxylation sites is 1. The highest BCUT2D eigenvalue weighted by atomic mass is 32.2. The monoisotopic (exact) mass is 254 g/mol. The van der Waals surface area contributed by atoms with Gasteiger partial charge in [-0.15, -0.1) is 5.10 Å². The lowest BCUT2D eigenvalue weighted by Gasteiger charge is -2.05. The number of nitrogens with two attached hydrogens (primary N) is 1. The third kappa shape index (κ3) is 3.35. The molecule has 0 aliphatic carbocycles. The Morgan fingerprint density at radius 2 is 2.24 bits per heavy atom. The van der Waals surface area contributed by atoms with Gasteiger partial charge in [-0.25, -0.2) is 9.49 Å². The molecule has 7 heteroatoms. The third-order valence-corrected chi connectivity index (χ3v) is 2.70. The summed E-state index contributed by atoms with van der Waals surface area (Å²) in [4.78, 5) is 3.92. The van der Waals surface area contributed by atoms with Crippen LogP contribution in [0.3, 0.4) is 0 Å². The number of nitrogen functional groups attached to an aromatic ring is 1. The molecular formula is C10H11FN4OS. The average Bonchev–Trinajstić information content (AvgIpc) is 2.73. The number of hydrogen-bond acceptors (Lipinski definition) is 5. The number of benzene rings is 1. The molecule has 90 valence electrons. The standard InChI is InChI=1S/C10H11FN4OS/c11-7-3-1-2-4-8(7)16-5-6-17-10-13-9(12)14-15-10/h1-4H,5-6H2,(H3,12,13,14,15). The van der Waals surface area contributed by atoms with E-state index in [1.54, 1.807) is 18.2 Å². The van der Waals surface area contributed by atoms with Gasteiger partial charge in [0.2, 0.25) is 11.1 Å². The van der Waals surface area contributed by atoms with E-state index in [9.17, 15) is 4.39 Å². The van der Waals surface area contributed by atoms with Crippen LogP contribution in [0.2, 0.25) is 0 Å². The van der Waals surface area contributed by atoms with Gasteiger partial charge in [-0.2, -0.15) is 4.98 Å².